The van der Waals surface area contributed by atoms with Crippen LogP contribution in [0.3, 0.4) is 0 Å². The molecule has 0 aromatic rings. The Kier molecular flexibility index (Phi) is 7.54. The molecule has 0 atom stereocenters. The van der Waals surface area contributed by atoms with Crippen molar-refractivity contribution >= 4 is 0 Å². The van der Waals surface area contributed by atoms with E-state index in [1.807, 2.05) is 0 Å². The zero-order valence-corrected chi connectivity index (χ0v) is 10.0. The van der Waals surface area contributed by atoms with Gasteiger partial charge < -0.3 is 24.8 Å². The van der Waals surface area contributed by atoms with E-state index in [1.54, 1.807) is 28.0 Å². The van der Waals surface area contributed by atoms with Gasteiger partial charge in [0, 0.05) is 0 Å². The van der Waals surface area contributed by atoms with Crippen LogP contribution in [0, 0.1) is 0 Å². The molecule has 1 rings (SSSR count). The molecule has 3 heteroatoms. The van der Waals surface area contributed by atoms with Crippen molar-refractivity contribution in [2.75, 3.05) is 0 Å². The van der Waals surface area contributed by atoms with Crippen molar-refractivity contribution < 1.29 is 49.5 Å². The summed E-state index contributed by atoms with van der Waals surface area (Å²) in [4.78, 5) is 0. The summed E-state index contributed by atoms with van der Waals surface area (Å²) in [5.41, 5.74) is 3.02. The van der Waals surface area contributed by atoms with Crippen LogP contribution in [-0.2, 0) is 24.7 Å². The van der Waals surface area contributed by atoms with Crippen LogP contribution in [0.25, 0.3) is 0 Å². The van der Waals surface area contributed by atoms with Gasteiger partial charge in [0.05, 0.1) is 0 Å². The molecule has 1 aliphatic rings. The van der Waals surface area contributed by atoms with Crippen molar-refractivity contribution in [2.45, 2.75) is 20.3 Å². The van der Waals surface area contributed by atoms with E-state index in [0.717, 1.165) is 0 Å². The van der Waals surface area contributed by atoms with E-state index < -0.39 is 0 Å². The molecule has 0 bridgehead atoms. The summed E-state index contributed by atoms with van der Waals surface area (Å²) < 4.78 is 1.62. The monoisotopic (exact) mass is 253 g/mol. The first-order chi connectivity index (χ1) is 3.70. The second kappa shape index (κ2) is 5.58. The normalized spacial score (nSPS) is 15.8. The van der Waals surface area contributed by atoms with Gasteiger partial charge in [-0.15, -0.1) is 0 Å². The van der Waals surface area contributed by atoms with E-state index in [-0.39, 0.29) is 24.8 Å². The average molecular weight is 255 g/mol. The van der Waals surface area contributed by atoms with Crippen LogP contribution in [-0.4, -0.2) is 0 Å². The van der Waals surface area contributed by atoms with Crippen LogP contribution < -0.4 is 24.8 Å². The molecule has 0 radical (unpaired) electrons. The molecule has 0 heterocycles. The van der Waals surface area contributed by atoms with Crippen molar-refractivity contribution in [1.29, 1.82) is 0 Å². The minimum Gasteiger partial charge on any atom is -1.00 e. The average Bonchev–Trinajstić information content (AvgIpc) is 1.85. The van der Waals surface area contributed by atoms with Gasteiger partial charge in [-0.2, -0.15) is 0 Å². The maximum absolute atomic E-state index is 2.28. The predicted molar refractivity (Wildman–Crippen MR) is 31.1 cm³/mol. The van der Waals surface area contributed by atoms with Crippen molar-refractivity contribution in [3.05, 3.63) is 20.5 Å². The third-order valence-electron chi connectivity index (χ3n) is 1.39. The van der Waals surface area contributed by atoms with Crippen molar-refractivity contribution in [3.8, 4) is 0 Å². The maximum atomic E-state index is 2.28. The zero-order valence-electron chi connectivity index (χ0n) is 6.04. The van der Waals surface area contributed by atoms with Gasteiger partial charge in [-0.25, -0.2) is 0 Å². The number of rotatable bonds is 0. The van der Waals surface area contributed by atoms with E-state index in [1.165, 1.54) is 17.6 Å². The second-order valence-electron chi connectivity index (χ2n) is 2.33. The smallest absolute Gasteiger partial charge is 1.00 e. The first kappa shape index (κ1) is 13.5. The van der Waals surface area contributed by atoms with Gasteiger partial charge in [0.2, 0.25) is 0 Å². The molecular weight excluding hydrogens is 246 g/mol. The van der Waals surface area contributed by atoms with Gasteiger partial charge in [0.1, 0.15) is 0 Å². The van der Waals surface area contributed by atoms with Crippen LogP contribution in [0.5, 0.6) is 0 Å². The van der Waals surface area contributed by atoms with E-state index in [9.17, 15) is 0 Å². The molecule has 0 aromatic carbocycles. The summed E-state index contributed by atoms with van der Waals surface area (Å²) >= 11 is 1.58. The van der Waals surface area contributed by atoms with Crippen molar-refractivity contribution in [3.63, 3.8) is 0 Å². The zero-order chi connectivity index (χ0) is 6.15. The third kappa shape index (κ3) is 3.37. The fourth-order valence-electron chi connectivity index (χ4n) is 0.926. The molecule has 0 aromatic heterocycles. The molecule has 0 fully saturated rings. The summed E-state index contributed by atoms with van der Waals surface area (Å²) in [6.45, 7) is 4.39. The standard InChI is InChI=1S/C7H9.2ClH.Zr/c1-6-3-4-7(2)5-6;;;/h5H,3H2,1-2H3;2*1H;/q;;;+2/p-2. The molecule has 0 unspecified atom stereocenters. The van der Waals surface area contributed by atoms with Gasteiger partial charge >= 0.3 is 65.5 Å². The van der Waals surface area contributed by atoms with Gasteiger partial charge in [0.15, 0.2) is 0 Å². The molecule has 0 spiro atoms. The van der Waals surface area contributed by atoms with E-state index in [2.05, 4.69) is 19.9 Å². The molecule has 0 nitrogen and oxygen atoms in total. The first-order valence-electron chi connectivity index (χ1n) is 2.78. The Morgan fingerprint density at radius 2 is 1.80 bits per heavy atom. The van der Waals surface area contributed by atoms with E-state index in [4.69, 9.17) is 0 Å². The van der Waals surface area contributed by atoms with Crippen molar-refractivity contribution in [1.82, 2.24) is 0 Å². The molecule has 55 valence electrons. The van der Waals surface area contributed by atoms with Crippen LogP contribution in [0.4, 0.5) is 0 Å². The summed E-state index contributed by atoms with van der Waals surface area (Å²) in [6.07, 6.45) is 3.52. The Labute approximate surface area is 89.8 Å². The second-order valence-corrected chi connectivity index (χ2v) is 3.81. The number of hydrogen-bond acceptors (Lipinski definition) is 0. The summed E-state index contributed by atoms with van der Waals surface area (Å²) in [5.74, 6) is 0. The summed E-state index contributed by atoms with van der Waals surface area (Å²) in [7, 11) is 0. The van der Waals surface area contributed by atoms with Crippen LogP contribution >= 0.6 is 0 Å². The summed E-state index contributed by atoms with van der Waals surface area (Å²) in [5, 5.41) is 0. The topological polar surface area (TPSA) is 0 Å². The van der Waals surface area contributed by atoms with E-state index in [0.29, 0.717) is 0 Å². The maximum Gasteiger partial charge on any atom is -1.00 e. The first-order valence-corrected chi connectivity index (χ1v) is 4.01. The van der Waals surface area contributed by atoms with E-state index >= 15 is 0 Å². The van der Waals surface area contributed by atoms with Crippen LogP contribution in [0.2, 0.25) is 0 Å². The fourth-order valence-corrected chi connectivity index (χ4v) is 1.79. The van der Waals surface area contributed by atoms with Gasteiger partial charge in [-0.3, -0.25) is 0 Å². The number of allylic oxidation sites excluding steroid dienone is 4. The third-order valence-corrected chi connectivity index (χ3v) is 2.80. The quantitative estimate of drug-likeness (QED) is 0.416. The minimum absolute atomic E-state index is 0. The predicted octanol–water partition coefficient (Wildman–Crippen LogP) is -3.83. The Bertz CT molecular complexity index is 170. The summed E-state index contributed by atoms with van der Waals surface area (Å²) in [6, 6.07) is 0. The molecule has 0 saturated heterocycles. The van der Waals surface area contributed by atoms with Crippen molar-refractivity contribution in [2.24, 2.45) is 0 Å². The number of halogens is 2. The largest absolute Gasteiger partial charge is 1.00 e. The molecule has 0 amide bonds. The SMILES string of the molecule is CC1=CC(C)=[C]([Zr+2])C1.[Cl-].[Cl-]. The molecule has 10 heavy (non-hydrogen) atoms. The molecule has 0 N–H and O–H groups in total. The Hall–Kier alpha value is 0.943. The minimum atomic E-state index is 0. The molecule has 0 saturated carbocycles. The van der Waals surface area contributed by atoms with Gasteiger partial charge in [-0.1, -0.05) is 0 Å². The Morgan fingerprint density at radius 3 is 1.90 bits per heavy atom. The van der Waals surface area contributed by atoms with Gasteiger partial charge in [-0.05, 0) is 0 Å². The molecule has 0 aliphatic heterocycles. The van der Waals surface area contributed by atoms with Crippen LogP contribution in [0.1, 0.15) is 20.3 Å². The molecular formula is C7H9Cl2Zr. The molecule has 1 aliphatic carbocycles. The van der Waals surface area contributed by atoms with Crippen LogP contribution in [0.15, 0.2) is 20.5 Å². The fraction of sp³-hybridized carbons (Fsp3) is 0.429. The Balaban J connectivity index is 0. The number of hydrogen-bond donors (Lipinski definition) is 0. The Morgan fingerprint density at radius 1 is 1.30 bits per heavy atom. The van der Waals surface area contributed by atoms with Gasteiger partial charge in [0.25, 0.3) is 0 Å².